The number of amidine groups is 1. The zero-order valence-corrected chi connectivity index (χ0v) is 17.1. The standard InChI is InChI=1S/C22H29N3O3/c1-5-27-18-7-9-19(10-8-18)28-22-20(11-6-17(4)23-22)21(24-26)25-13-15(2)12-16(3)14-25/h6-11,15-16,26H,5,12-14H2,1-4H3/b24-21-. The minimum absolute atomic E-state index is 0.433. The third-order valence-electron chi connectivity index (χ3n) is 4.85. The minimum atomic E-state index is 0.433. The van der Waals surface area contributed by atoms with E-state index in [1.165, 1.54) is 6.42 Å². The van der Waals surface area contributed by atoms with E-state index in [4.69, 9.17) is 9.47 Å². The fourth-order valence-corrected chi connectivity index (χ4v) is 3.79. The van der Waals surface area contributed by atoms with Gasteiger partial charge in [0.15, 0.2) is 5.84 Å². The Hall–Kier alpha value is -2.76. The van der Waals surface area contributed by atoms with Gasteiger partial charge in [0, 0.05) is 18.8 Å². The number of hydrogen-bond acceptors (Lipinski definition) is 5. The second kappa shape index (κ2) is 8.95. The number of aromatic nitrogens is 1. The third kappa shape index (κ3) is 4.74. The molecule has 28 heavy (non-hydrogen) atoms. The lowest BCUT2D eigenvalue weighted by Gasteiger charge is -2.36. The number of piperidine rings is 1. The summed E-state index contributed by atoms with van der Waals surface area (Å²) in [6.07, 6.45) is 1.18. The monoisotopic (exact) mass is 383 g/mol. The van der Waals surface area contributed by atoms with Gasteiger partial charge < -0.3 is 19.6 Å². The van der Waals surface area contributed by atoms with E-state index in [9.17, 15) is 5.21 Å². The lowest BCUT2D eigenvalue weighted by Crippen LogP contribution is -2.43. The van der Waals surface area contributed by atoms with Gasteiger partial charge in [0.05, 0.1) is 12.2 Å². The first kappa shape index (κ1) is 20.0. The van der Waals surface area contributed by atoms with Crippen molar-refractivity contribution in [3.05, 3.63) is 47.7 Å². The van der Waals surface area contributed by atoms with Crippen molar-refractivity contribution in [2.75, 3.05) is 19.7 Å². The molecule has 2 atom stereocenters. The van der Waals surface area contributed by atoms with E-state index in [0.717, 1.165) is 24.5 Å². The molecule has 0 spiro atoms. The normalized spacial score (nSPS) is 20.1. The highest BCUT2D eigenvalue weighted by atomic mass is 16.5. The Balaban J connectivity index is 1.89. The Morgan fingerprint density at radius 3 is 2.36 bits per heavy atom. The Labute approximate surface area is 166 Å². The summed E-state index contributed by atoms with van der Waals surface area (Å²) in [6, 6.07) is 11.2. The first-order valence-corrected chi connectivity index (χ1v) is 9.85. The van der Waals surface area contributed by atoms with Crippen molar-refractivity contribution >= 4 is 5.84 Å². The Bertz CT molecular complexity index is 810. The van der Waals surface area contributed by atoms with E-state index in [1.54, 1.807) is 0 Å². The maximum Gasteiger partial charge on any atom is 0.230 e. The summed E-state index contributed by atoms with van der Waals surface area (Å²) in [4.78, 5) is 6.68. The van der Waals surface area contributed by atoms with Crippen molar-refractivity contribution in [2.24, 2.45) is 17.0 Å². The molecule has 6 heteroatoms. The van der Waals surface area contributed by atoms with Crippen LogP contribution >= 0.6 is 0 Å². The zero-order chi connectivity index (χ0) is 20.1. The largest absolute Gasteiger partial charge is 0.494 e. The van der Waals surface area contributed by atoms with Crippen LogP contribution in [0.1, 0.15) is 38.4 Å². The van der Waals surface area contributed by atoms with Gasteiger partial charge in [-0.05, 0) is 68.5 Å². The molecule has 0 amide bonds. The van der Waals surface area contributed by atoms with Crippen LogP contribution in [-0.2, 0) is 0 Å². The Morgan fingerprint density at radius 2 is 1.75 bits per heavy atom. The van der Waals surface area contributed by atoms with Crippen molar-refractivity contribution in [1.82, 2.24) is 9.88 Å². The number of oxime groups is 1. The number of benzene rings is 1. The predicted octanol–water partition coefficient (Wildman–Crippen LogP) is 4.69. The van der Waals surface area contributed by atoms with Crippen molar-refractivity contribution < 1.29 is 14.7 Å². The van der Waals surface area contributed by atoms with Crippen molar-refractivity contribution in [3.63, 3.8) is 0 Å². The van der Waals surface area contributed by atoms with Crippen molar-refractivity contribution in [1.29, 1.82) is 0 Å². The summed E-state index contributed by atoms with van der Waals surface area (Å²) in [5.74, 6) is 3.46. The predicted molar refractivity (Wildman–Crippen MR) is 110 cm³/mol. The second-order valence-corrected chi connectivity index (χ2v) is 7.59. The molecule has 1 fully saturated rings. The van der Waals surface area contributed by atoms with Crippen LogP contribution < -0.4 is 9.47 Å². The maximum absolute atomic E-state index is 9.81. The van der Waals surface area contributed by atoms with Gasteiger partial charge in [-0.2, -0.15) is 0 Å². The summed E-state index contributed by atoms with van der Waals surface area (Å²) < 4.78 is 11.5. The molecular weight excluding hydrogens is 354 g/mol. The molecule has 6 nitrogen and oxygen atoms in total. The van der Waals surface area contributed by atoms with Crippen LogP contribution in [0, 0.1) is 18.8 Å². The molecule has 1 N–H and O–H groups in total. The lowest BCUT2D eigenvalue weighted by atomic mass is 9.91. The van der Waals surface area contributed by atoms with Crippen LogP contribution in [0.2, 0.25) is 0 Å². The van der Waals surface area contributed by atoms with Crippen LogP contribution in [0.5, 0.6) is 17.4 Å². The SMILES string of the molecule is CCOc1ccc(Oc2nc(C)ccc2/C(=N/O)N2CC(C)CC(C)C2)cc1. The number of nitrogens with zero attached hydrogens (tertiary/aromatic N) is 3. The van der Waals surface area contributed by atoms with E-state index < -0.39 is 0 Å². The van der Waals surface area contributed by atoms with E-state index in [2.05, 4.69) is 28.9 Å². The summed E-state index contributed by atoms with van der Waals surface area (Å²) in [6.45, 7) is 10.6. The van der Waals surface area contributed by atoms with E-state index in [1.807, 2.05) is 50.2 Å². The number of hydrogen-bond donors (Lipinski definition) is 1. The van der Waals surface area contributed by atoms with E-state index in [-0.39, 0.29) is 0 Å². The van der Waals surface area contributed by atoms with Crippen LogP contribution in [0.15, 0.2) is 41.6 Å². The van der Waals surface area contributed by atoms with Gasteiger partial charge in [-0.15, -0.1) is 0 Å². The molecule has 0 bridgehead atoms. The van der Waals surface area contributed by atoms with Gasteiger partial charge in [0.25, 0.3) is 0 Å². The second-order valence-electron chi connectivity index (χ2n) is 7.59. The average molecular weight is 383 g/mol. The van der Waals surface area contributed by atoms with Gasteiger partial charge in [-0.1, -0.05) is 19.0 Å². The molecule has 0 radical (unpaired) electrons. The Morgan fingerprint density at radius 1 is 1.11 bits per heavy atom. The van der Waals surface area contributed by atoms with Crippen LogP contribution in [-0.4, -0.2) is 40.6 Å². The summed E-state index contributed by atoms with van der Waals surface area (Å²) >= 11 is 0. The average Bonchev–Trinajstić information content (AvgIpc) is 2.65. The summed E-state index contributed by atoms with van der Waals surface area (Å²) in [5.41, 5.74) is 1.52. The van der Waals surface area contributed by atoms with Gasteiger partial charge >= 0.3 is 0 Å². The van der Waals surface area contributed by atoms with Crippen LogP contribution in [0.25, 0.3) is 0 Å². The van der Waals surface area contributed by atoms with E-state index >= 15 is 0 Å². The topological polar surface area (TPSA) is 67.2 Å². The number of rotatable bonds is 5. The quantitative estimate of drug-likeness (QED) is 0.351. The molecule has 1 aromatic heterocycles. The molecule has 0 aliphatic carbocycles. The summed E-state index contributed by atoms with van der Waals surface area (Å²) in [7, 11) is 0. The summed E-state index contributed by atoms with van der Waals surface area (Å²) in [5, 5.41) is 13.4. The molecule has 2 heterocycles. The van der Waals surface area contributed by atoms with Crippen LogP contribution in [0.4, 0.5) is 0 Å². The molecule has 2 aromatic rings. The molecule has 1 aromatic carbocycles. The highest BCUT2D eigenvalue weighted by Gasteiger charge is 2.27. The van der Waals surface area contributed by atoms with Gasteiger partial charge in [-0.25, -0.2) is 4.98 Å². The first-order chi connectivity index (χ1) is 13.5. The van der Waals surface area contributed by atoms with Gasteiger partial charge in [0.1, 0.15) is 11.5 Å². The number of likely N-dealkylation sites (tertiary alicyclic amines) is 1. The third-order valence-corrected chi connectivity index (χ3v) is 4.85. The fraction of sp³-hybridized carbons (Fsp3) is 0.455. The number of aryl methyl sites for hydroxylation is 1. The van der Waals surface area contributed by atoms with Crippen molar-refractivity contribution in [3.8, 4) is 17.4 Å². The molecular formula is C22H29N3O3. The number of pyridine rings is 1. The molecule has 3 rings (SSSR count). The molecule has 1 aliphatic heterocycles. The van der Waals surface area contributed by atoms with Gasteiger partial charge in [0.2, 0.25) is 5.88 Å². The highest BCUT2D eigenvalue weighted by molar-refractivity contribution is 6.00. The number of ether oxygens (including phenoxy) is 2. The lowest BCUT2D eigenvalue weighted by molar-refractivity contribution is 0.204. The Kier molecular flexibility index (Phi) is 6.39. The molecule has 0 saturated carbocycles. The molecule has 150 valence electrons. The smallest absolute Gasteiger partial charge is 0.230 e. The minimum Gasteiger partial charge on any atom is -0.494 e. The molecule has 1 saturated heterocycles. The molecule has 1 aliphatic rings. The van der Waals surface area contributed by atoms with Gasteiger partial charge in [-0.3, -0.25) is 0 Å². The van der Waals surface area contributed by atoms with E-state index in [0.29, 0.717) is 41.5 Å². The molecule has 2 unspecified atom stereocenters. The fourth-order valence-electron chi connectivity index (χ4n) is 3.79. The zero-order valence-electron chi connectivity index (χ0n) is 17.1. The highest BCUT2D eigenvalue weighted by Crippen LogP contribution is 2.29. The van der Waals surface area contributed by atoms with Crippen LogP contribution in [0.3, 0.4) is 0 Å². The first-order valence-electron chi connectivity index (χ1n) is 9.85. The van der Waals surface area contributed by atoms with Crippen molar-refractivity contribution in [2.45, 2.75) is 34.1 Å². The maximum atomic E-state index is 9.81.